The van der Waals surface area contributed by atoms with Gasteiger partial charge in [0.05, 0.1) is 0 Å². The molecule has 19 heavy (non-hydrogen) atoms. The fourth-order valence-corrected chi connectivity index (χ4v) is 7.81. The topological polar surface area (TPSA) is 0 Å². The molecule has 3 heterocycles. The summed E-state index contributed by atoms with van der Waals surface area (Å²) < 4.78 is 3.25. The van der Waals surface area contributed by atoms with Crippen molar-refractivity contribution in [2.45, 2.75) is 36.2 Å². The van der Waals surface area contributed by atoms with Crippen molar-refractivity contribution in [3.63, 3.8) is 0 Å². The molecule has 0 saturated carbocycles. The SMILES string of the molecule is S=C(Cc1ccc(CC(=S)CC2CS2)[te]1)CC1CS1. The van der Waals surface area contributed by atoms with Crippen LogP contribution in [0.1, 0.15) is 20.0 Å². The van der Waals surface area contributed by atoms with Gasteiger partial charge in [-0.2, -0.15) is 0 Å². The van der Waals surface area contributed by atoms with E-state index >= 15 is 0 Å². The van der Waals surface area contributed by atoms with E-state index in [9.17, 15) is 0 Å². The molecule has 2 aliphatic rings. The molecule has 2 saturated heterocycles. The van der Waals surface area contributed by atoms with Crippen molar-refractivity contribution in [2.75, 3.05) is 11.5 Å². The summed E-state index contributed by atoms with van der Waals surface area (Å²) in [5, 5.41) is 1.71. The Morgan fingerprint density at radius 1 is 1.00 bits per heavy atom. The minimum atomic E-state index is -0.124. The molecule has 0 spiro atoms. The van der Waals surface area contributed by atoms with Gasteiger partial charge in [-0.15, -0.1) is 0 Å². The van der Waals surface area contributed by atoms with Gasteiger partial charge in [0.25, 0.3) is 0 Å². The Morgan fingerprint density at radius 3 is 1.79 bits per heavy atom. The van der Waals surface area contributed by atoms with Crippen molar-refractivity contribution in [3.05, 3.63) is 19.3 Å². The van der Waals surface area contributed by atoms with Gasteiger partial charge in [0.2, 0.25) is 0 Å². The number of thioether (sulfide) groups is 2. The van der Waals surface area contributed by atoms with Crippen molar-refractivity contribution in [3.8, 4) is 0 Å². The van der Waals surface area contributed by atoms with Crippen LogP contribution in [0.25, 0.3) is 0 Å². The summed E-state index contributed by atoms with van der Waals surface area (Å²) in [4.78, 5) is 2.55. The standard InChI is InChI=1S/C14H16S4Te/c15-9(3-11-7-17-11)5-13-1-2-14(19-13)6-10(16)4-12-8-18-12/h1-2,11-12H,3-8H2. The summed E-state index contributed by atoms with van der Waals surface area (Å²) in [6.07, 6.45) is 4.49. The summed E-state index contributed by atoms with van der Waals surface area (Å²) in [6.45, 7) is 0. The molecule has 0 radical (unpaired) electrons. The number of hydrogen-bond donors (Lipinski definition) is 0. The molecule has 2 aliphatic heterocycles. The third kappa shape index (κ3) is 5.45. The van der Waals surface area contributed by atoms with Crippen LogP contribution in [0.2, 0.25) is 0 Å². The van der Waals surface area contributed by atoms with Crippen LogP contribution in [-0.4, -0.2) is 52.2 Å². The van der Waals surface area contributed by atoms with E-state index in [1.54, 1.807) is 7.16 Å². The van der Waals surface area contributed by atoms with Crippen molar-refractivity contribution in [1.29, 1.82) is 0 Å². The summed E-state index contributed by atoms with van der Waals surface area (Å²) >= 11 is 15.0. The van der Waals surface area contributed by atoms with Crippen LogP contribution in [0.5, 0.6) is 0 Å². The molecule has 0 N–H and O–H groups in total. The Morgan fingerprint density at radius 2 is 1.42 bits per heavy atom. The van der Waals surface area contributed by atoms with Gasteiger partial charge in [-0.1, -0.05) is 0 Å². The van der Waals surface area contributed by atoms with E-state index in [-0.39, 0.29) is 20.4 Å². The van der Waals surface area contributed by atoms with E-state index in [0.29, 0.717) is 0 Å². The molecular weight excluding hydrogens is 424 g/mol. The van der Waals surface area contributed by atoms with Gasteiger partial charge in [0, 0.05) is 0 Å². The van der Waals surface area contributed by atoms with Gasteiger partial charge in [-0.3, -0.25) is 0 Å². The first-order valence-corrected chi connectivity index (χ1v) is 11.8. The zero-order valence-corrected chi connectivity index (χ0v) is 16.2. The second kappa shape index (κ2) is 6.94. The molecule has 0 aromatic carbocycles. The van der Waals surface area contributed by atoms with Crippen LogP contribution in [0, 0.1) is 0 Å². The molecule has 5 heteroatoms. The fourth-order valence-electron chi connectivity index (χ4n) is 2.02. The average Bonchev–Trinajstić information content (AvgIpc) is 3.24. The van der Waals surface area contributed by atoms with Gasteiger partial charge in [-0.05, 0) is 0 Å². The second-order valence-corrected chi connectivity index (χ2v) is 12.5. The number of hydrogen-bond acceptors (Lipinski definition) is 4. The minimum absolute atomic E-state index is 0.124. The molecular formula is C14H16S4Te. The van der Waals surface area contributed by atoms with E-state index in [1.165, 1.54) is 21.2 Å². The molecule has 2 atom stereocenters. The normalized spacial score (nSPS) is 24.2. The van der Waals surface area contributed by atoms with Gasteiger partial charge < -0.3 is 0 Å². The molecule has 3 rings (SSSR count). The summed E-state index contributed by atoms with van der Waals surface area (Å²) in [7, 11) is 0. The van der Waals surface area contributed by atoms with Crippen LogP contribution >= 0.6 is 48.0 Å². The van der Waals surface area contributed by atoms with Gasteiger partial charge in [0.15, 0.2) is 0 Å². The van der Waals surface area contributed by atoms with Crippen LogP contribution < -0.4 is 0 Å². The summed E-state index contributed by atoms with van der Waals surface area (Å²) in [5.41, 5.74) is 0. The number of thiocarbonyl (C=S) groups is 2. The molecule has 0 amide bonds. The van der Waals surface area contributed by atoms with Crippen molar-refractivity contribution in [2.24, 2.45) is 0 Å². The quantitative estimate of drug-likeness (QED) is 0.344. The third-order valence-corrected chi connectivity index (χ3v) is 8.84. The molecule has 102 valence electrons. The Balaban J connectivity index is 1.47. The fraction of sp³-hybridized carbons (Fsp3) is 0.571. The Labute approximate surface area is 144 Å². The maximum atomic E-state index is 5.51. The predicted octanol–water partition coefficient (Wildman–Crippen LogP) is 3.58. The van der Waals surface area contributed by atoms with Crippen molar-refractivity contribution in [1.82, 2.24) is 0 Å². The number of rotatable bonds is 8. The maximum absolute atomic E-state index is 5.51. The van der Waals surface area contributed by atoms with E-state index in [2.05, 4.69) is 12.1 Å². The van der Waals surface area contributed by atoms with Gasteiger partial charge in [0.1, 0.15) is 0 Å². The van der Waals surface area contributed by atoms with Gasteiger partial charge in [-0.25, -0.2) is 0 Å². The Hall–Kier alpha value is 1.15. The van der Waals surface area contributed by atoms with Gasteiger partial charge >= 0.3 is 145 Å². The molecule has 1 aromatic rings. The second-order valence-electron chi connectivity index (χ2n) is 5.12. The first kappa shape index (κ1) is 15.1. The Kier molecular flexibility index (Phi) is 5.50. The zero-order valence-electron chi connectivity index (χ0n) is 10.6. The Bertz CT molecular complexity index is 443. The van der Waals surface area contributed by atoms with E-state index < -0.39 is 0 Å². The van der Waals surface area contributed by atoms with Crippen LogP contribution in [0.4, 0.5) is 0 Å². The molecule has 0 bridgehead atoms. The van der Waals surface area contributed by atoms with Crippen LogP contribution in [0.3, 0.4) is 0 Å². The zero-order chi connectivity index (χ0) is 13.2. The molecule has 0 nitrogen and oxygen atoms in total. The monoisotopic (exact) mass is 442 g/mol. The third-order valence-electron chi connectivity index (χ3n) is 3.18. The first-order chi connectivity index (χ1) is 9.19. The summed E-state index contributed by atoms with van der Waals surface area (Å²) in [5.74, 6) is 2.65. The molecule has 2 unspecified atom stereocenters. The van der Waals surface area contributed by atoms with E-state index in [1.807, 2.05) is 23.5 Å². The van der Waals surface area contributed by atoms with Crippen molar-refractivity contribution >= 4 is 78.1 Å². The average molecular weight is 440 g/mol. The van der Waals surface area contributed by atoms with Crippen LogP contribution in [0.15, 0.2) is 12.1 Å². The van der Waals surface area contributed by atoms with E-state index in [0.717, 1.165) is 36.2 Å². The summed E-state index contributed by atoms with van der Waals surface area (Å²) in [6, 6.07) is 4.66. The van der Waals surface area contributed by atoms with E-state index in [4.69, 9.17) is 24.4 Å². The van der Waals surface area contributed by atoms with Crippen LogP contribution in [-0.2, 0) is 12.8 Å². The molecule has 2 fully saturated rings. The molecule has 0 aliphatic carbocycles. The van der Waals surface area contributed by atoms with Crippen molar-refractivity contribution < 1.29 is 0 Å². The molecule has 1 aromatic heterocycles. The first-order valence-electron chi connectivity index (χ1n) is 6.53. The predicted molar refractivity (Wildman–Crippen MR) is 97.7 cm³/mol.